The highest BCUT2D eigenvalue weighted by Crippen LogP contribution is 2.21. The van der Waals surface area contributed by atoms with Gasteiger partial charge in [-0.1, -0.05) is 20.8 Å². The van der Waals surface area contributed by atoms with Crippen molar-refractivity contribution in [2.24, 2.45) is 0 Å². The highest BCUT2D eigenvalue weighted by atomic mass is 15.3. The third-order valence-corrected chi connectivity index (χ3v) is 2.37. The van der Waals surface area contributed by atoms with Crippen molar-refractivity contribution in [1.82, 2.24) is 25.4 Å². The largest absolute Gasteiger partial charge is 0.260 e. The molecule has 0 aromatic carbocycles. The van der Waals surface area contributed by atoms with Gasteiger partial charge in [0.2, 0.25) is 5.82 Å². The fourth-order valence-corrected chi connectivity index (χ4v) is 1.36. The van der Waals surface area contributed by atoms with Crippen LogP contribution >= 0.6 is 0 Å². The average molecular weight is 229 g/mol. The Morgan fingerprint density at radius 1 is 0.941 bits per heavy atom. The van der Waals surface area contributed by atoms with Gasteiger partial charge in [0.25, 0.3) is 0 Å². The van der Waals surface area contributed by atoms with Crippen LogP contribution in [-0.4, -0.2) is 25.4 Å². The van der Waals surface area contributed by atoms with E-state index in [2.05, 4.69) is 46.1 Å². The molecule has 0 radical (unpaired) electrons. The zero-order valence-corrected chi connectivity index (χ0v) is 10.5. The van der Waals surface area contributed by atoms with E-state index in [0.717, 1.165) is 11.3 Å². The summed E-state index contributed by atoms with van der Waals surface area (Å²) >= 11 is 0. The molecule has 0 aliphatic carbocycles. The highest BCUT2D eigenvalue weighted by Gasteiger charge is 2.15. The summed E-state index contributed by atoms with van der Waals surface area (Å²) in [5, 5.41) is 15.7. The summed E-state index contributed by atoms with van der Waals surface area (Å²) in [5.41, 5.74) is 1.91. The molecule has 5 nitrogen and oxygen atoms in total. The molecule has 0 aliphatic heterocycles. The van der Waals surface area contributed by atoms with Gasteiger partial charge in [-0.15, -0.1) is 20.4 Å². The second-order valence-electron chi connectivity index (χ2n) is 4.95. The Labute approximate surface area is 100 Å². The first kappa shape index (κ1) is 11.6. The number of aryl methyl sites for hydroxylation is 1. The van der Waals surface area contributed by atoms with Crippen molar-refractivity contribution >= 4 is 0 Å². The number of hydrogen-bond acceptors (Lipinski definition) is 5. The molecule has 0 unspecified atom stereocenters. The van der Waals surface area contributed by atoms with Crippen LogP contribution in [0.15, 0.2) is 18.3 Å². The van der Waals surface area contributed by atoms with Gasteiger partial charge in [-0.05, 0) is 19.1 Å². The summed E-state index contributed by atoms with van der Waals surface area (Å²) in [6.07, 6.45) is 1.76. The van der Waals surface area contributed by atoms with Gasteiger partial charge >= 0.3 is 0 Å². The first-order valence-electron chi connectivity index (χ1n) is 5.48. The normalized spacial score (nSPS) is 11.5. The number of aromatic nitrogens is 5. The maximum absolute atomic E-state index is 4.41. The Kier molecular flexibility index (Phi) is 2.83. The smallest absolute Gasteiger partial charge is 0.205 e. The molecule has 0 N–H and O–H groups in total. The van der Waals surface area contributed by atoms with Crippen molar-refractivity contribution < 1.29 is 0 Å². The minimum atomic E-state index is 0.0448. The summed E-state index contributed by atoms with van der Waals surface area (Å²) in [7, 11) is 0. The van der Waals surface area contributed by atoms with E-state index in [1.807, 2.05) is 12.1 Å². The van der Waals surface area contributed by atoms with Crippen LogP contribution in [0.5, 0.6) is 0 Å². The predicted octanol–water partition coefficient (Wildman–Crippen LogP) is 1.93. The minimum Gasteiger partial charge on any atom is -0.260 e. The standard InChI is InChI=1S/C12H15N5/c1-8-14-16-11(17-15-8)9-5-6-10(13-7-9)12(2,3)4/h5-7H,1-4H3. The van der Waals surface area contributed by atoms with Gasteiger partial charge in [0.15, 0.2) is 5.82 Å². The van der Waals surface area contributed by atoms with Crippen LogP contribution in [0.3, 0.4) is 0 Å². The lowest BCUT2D eigenvalue weighted by Crippen LogP contribution is -2.13. The molecule has 2 aromatic rings. The maximum atomic E-state index is 4.41. The number of nitrogens with zero attached hydrogens (tertiary/aromatic N) is 5. The van der Waals surface area contributed by atoms with Crippen LogP contribution in [0.25, 0.3) is 11.4 Å². The maximum Gasteiger partial charge on any atom is 0.205 e. The van der Waals surface area contributed by atoms with Crippen LogP contribution in [-0.2, 0) is 5.41 Å². The summed E-state index contributed by atoms with van der Waals surface area (Å²) in [4.78, 5) is 4.41. The van der Waals surface area contributed by atoms with Crippen LogP contribution in [0, 0.1) is 6.92 Å². The molecule has 0 bridgehead atoms. The molecule has 0 saturated heterocycles. The Morgan fingerprint density at radius 3 is 2.06 bits per heavy atom. The SMILES string of the molecule is Cc1nnc(-c2ccc(C(C)(C)C)nc2)nn1. The molecule has 2 aromatic heterocycles. The van der Waals surface area contributed by atoms with E-state index in [1.165, 1.54) is 0 Å². The van der Waals surface area contributed by atoms with Gasteiger partial charge in [-0.25, -0.2) is 0 Å². The van der Waals surface area contributed by atoms with E-state index in [-0.39, 0.29) is 5.41 Å². The summed E-state index contributed by atoms with van der Waals surface area (Å²) in [5.74, 6) is 1.07. The van der Waals surface area contributed by atoms with Crippen molar-refractivity contribution in [2.45, 2.75) is 33.1 Å². The van der Waals surface area contributed by atoms with E-state index in [9.17, 15) is 0 Å². The number of pyridine rings is 1. The van der Waals surface area contributed by atoms with Crippen molar-refractivity contribution in [3.8, 4) is 11.4 Å². The van der Waals surface area contributed by atoms with Crippen molar-refractivity contribution in [3.63, 3.8) is 0 Å². The van der Waals surface area contributed by atoms with Gasteiger partial charge < -0.3 is 0 Å². The Hall–Kier alpha value is -1.91. The minimum absolute atomic E-state index is 0.0448. The topological polar surface area (TPSA) is 64.5 Å². The average Bonchev–Trinajstić information content (AvgIpc) is 2.29. The summed E-state index contributed by atoms with van der Waals surface area (Å²) < 4.78 is 0. The second kappa shape index (κ2) is 4.16. The van der Waals surface area contributed by atoms with Gasteiger partial charge in [0.1, 0.15) is 0 Å². The van der Waals surface area contributed by atoms with Gasteiger partial charge in [-0.3, -0.25) is 4.98 Å². The van der Waals surface area contributed by atoms with Crippen molar-refractivity contribution in [1.29, 1.82) is 0 Å². The lowest BCUT2D eigenvalue weighted by molar-refractivity contribution is 0.569. The zero-order valence-electron chi connectivity index (χ0n) is 10.5. The second-order valence-corrected chi connectivity index (χ2v) is 4.95. The lowest BCUT2D eigenvalue weighted by atomic mass is 9.91. The molecule has 0 aliphatic rings. The van der Waals surface area contributed by atoms with Crippen LogP contribution in [0.2, 0.25) is 0 Å². The summed E-state index contributed by atoms with van der Waals surface area (Å²) in [6.45, 7) is 8.13. The van der Waals surface area contributed by atoms with E-state index >= 15 is 0 Å². The highest BCUT2D eigenvalue weighted by molar-refractivity contribution is 5.52. The third-order valence-electron chi connectivity index (χ3n) is 2.37. The van der Waals surface area contributed by atoms with Crippen molar-refractivity contribution in [3.05, 3.63) is 29.8 Å². The quantitative estimate of drug-likeness (QED) is 0.747. The van der Waals surface area contributed by atoms with Gasteiger partial charge in [-0.2, -0.15) is 0 Å². The molecule has 0 atom stereocenters. The molecule has 0 amide bonds. The molecule has 2 heterocycles. The van der Waals surface area contributed by atoms with E-state index in [4.69, 9.17) is 0 Å². The predicted molar refractivity (Wildman–Crippen MR) is 64.3 cm³/mol. The molecule has 0 spiro atoms. The van der Waals surface area contributed by atoms with Crippen LogP contribution < -0.4 is 0 Å². The first-order valence-corrected chi connectivity index (χ1v) is 5.48. The van der Waals surface area contributed by atoms with Crippen molar-refractivity contribution in [2.75, 3.05) is 0 Å². The Bertz CT molecular complexity index is 496. The third kappa shape index (κ3) is 2.61. The molecule has 17 heavy (non-hydrogen) atoms. The Morgan fingerprint density at radius 2 is 1.59 bits per heavy atom. The molecular weight excluding hydrogens is 214 g/mol. The molecule has 88 valence electrons. The van der Waals surface area contributed by atoms with E-state index < -0.39 is 0 Å². The first-order chi connectivity index (χ1) is 7.97. The zero-order chi connectivity index (χ0) is 12.5. The molecule has 2 rings (SSSR count). The van der Waals surface area contributed by atoms with E-state index in [0.29, 0.717) is 11.6 Å². The lowest BCUT2D eigenvalue weighted by Gasteiger charge is -2.17. The molecule has 0 fully saturated rings. The fraction of sp³-hybridized carbons (Fsp3) is 0.417. The molecule has 5 heteroatoms. The number of hydrogen-bond donors (Lipinski definition) is 0. The fourth-order valence-electron chi connectivity index (χ4n) is 1.36. The van der Waals surface area contributed by atoms with Crippen LogP contribution in [0.4, 0.5) is 0 Å². The van der Waals surface area contributed by atoms with E-state index in [1.54, 1.807) is 13.1 Å². The van der Waals surface area contributed by atoms with Gasteiger partial charge in [0.05, 0.1) is 0 Å². The molecule has 0 saturated carbocycles. The molecular formula is C12H15N5. The Balaban J connectivity index is 2.33. The summed E-state index contributed by atoms with van der Waals surface area (Å²) in [6, 6.07) is 3.93. The van der Waals surface area contributed by atoms with Gasteiger partial charge in [0, 0.05) is 22.9 Å². The number of rotatable bonds is 1. The monoisotopic (exact) mass is 229 g/mol. The van der Waals surface area contributed by atoms with Crippen LogP contribution in [0.1, 0.15) is 32.3 Å².